The van der Waals surface area contributed by atoms with Gasteiger partial charge in [-0.2, -0.15) is 0 Å². The normalized spacial score (nSPS) is 24.2. The van der Waals surface area contributed by atoms with Crippen molar-refractivity contribution in [1.29, 1.82) is 0 Å². The zero-order chi connectivity index (χ0) is 16.8. The van der Waals surface area contributed by atoms with Crippen LogP contribution in [0.25, 0.3) is 0 Å². The molecule has 1 aromatic rings. The van der Waals surface area contributed by atoms with Crippen LogP contribution in [0.15, 0.2) is 4.34 Å². The van der Waals surface area contributed by atoms with Crippen LogP contribution >= 0.6 is 23.1 Å². The maximum absolute atomic E-state index is 11.9. The minimum atomic E-state index is -0.455. The molecule has 2 rings (SSSR count). The summed E-state index contributed by atoms with van der Waals surface area (Å²) >= 11 is 2.41. The van der Waals surface area contributed by atoms with Crippen LogP contribution in [0, 0.1) is 11.8 Å². The fraction of sp³-hybridized carbons (Fsp3) is 0.714. The lowest BCUT2D eigenvalue weighted by Gasteiger charge is -2.34. The molecule has 1 fully saturated rings. The van der Waals surface area contributed by atoms with Gasteiger partial charge in [-0.25, -0.2) is 0 Å². The largest absolute Gasteiger partial charge is 0.455 e. The van der Waals surface area contributed by atoms with Crippen molar-refractivity contribution < 1.29 is 14.3 Å². The molecule has 1 saturated carbocycles. The predicted octanol–water partition coefficient (Wildman–Crippen LogP) is 1.70. The average molecular weight is 358 g/mol. The molecule has 1 heterocycles. The molecule has 3 atom stereocenters. The van der Waals surface area contributed by atoms with Crippen molar-refractivity contribution in [3.8, 4) is 0 Å². The van der Waals surface area contributed by atoms with Gasteiger partial charge in [0.15, 0.2) is 10.9 Å². The Morgan fingerprint density at radius 1 is 1.39 bits per heavy atom. The van der Waals surface area contributed by atoms with E-state index in [4.69, 9.17) is 10.5 Å². The van der Waals surface area contributed by atoms with Crippen LogP contribution in [0.3, 0.4) is 0 Å². The third-order valence-electron chi connectivity index (χ3n) is 4.15. The molecule has 23 heavy (non-hydrogen) atoms. The van der Waals surface area contributed by atoms with Crippen LogP contribution in [0.1, 0.15) is 33.1 Å². The van der Waals surface area contributed by atoms with Gasteiger partial charge in [-0.3, -0.25) is 9.59 Å². The van der Waals surface area contributed by atoms with E-state index in [9.17, 15) is 9.59 Å². The Bertz CT molecular complexity index is 552. The second-order valence-electron chi connectivity index (χ2n) is 5.80. The summed E-state index contributed by atoms with van der Waals surface area (Å²) in [6.07, 6.45) is 3.31. The number of thioether (sulfide) groups is 1. The fourth-order valence-electron chi connectivity index (χ4n) is 2.62. The summed E-state index contributed by atoms with van der Waals surface area (Å²) in [6.45, 7) is 4.13. The number of nitrogens with zero attached hydrogens (tertiary/aromatic N) is 2. The standard InChI is InChI=1S/C14H22N4O3S2/c1-8-4-3-5-10(9(8)2)16-11(19)6-21-12(20)7-22-14-18-17-13(15)23-14/h8-10H,3-7H2,1-2H3,(H2,15,17)(H,16,19). The van der Waals surface area contributed by atoms with Gasteiger partial charge in [-0.1, -0.05) is 49.8 Å². The van der Waals surface area contributed by atoms with Gasteiger partial charge >= 0.3 is 5.97 Å². The molecule has 0 spiro atoms. The molecule has 1 aliphatic carbocycles. The molecule has 1 amide bonds. The van der Waals surface area contributed by atoms with E-state index in [1.54, 1.807) is 0 Å². The van der Waals surface area contributed by atoms with Crippen molar-refractivity contribution in [1.82, 2.24) is 15.5 Å². The smallest absolute Gasteiger partial charge is 0.316 e. The predicted molar refractivity (Wildman–Crippen MR) is 90.1 cm³/mol. The summed E-state index contributed by atoms with van der Waals surface area (Å²) in [6, 6.07) is 0.170. The molecule has 0 radical (unpaired) electrons. The van der Waals surface area contributed by atoms with Crippen molar-refractivity contribution in [2.75, 3.05) is 18.1 Å². The number of hydrogen-bond acceptors (Lipinski definition) is 8. The summed E-state index contributed by atoms with van der Waals surface area (Å²) in [5.41, 5.74) is 5.46. The van der Waals surface area contributed by atoms with E-state index in [1.807, 2.05) is 0 Å². The highest BCUT2D eigenvalue weighted by Crippen LogP contribution is 2.29. The molecule has 1 aliphatic rings. The molecule has 9 heteroatoms. The van der Waals surface area contributed by atoms with Gasteiger partial charge in [-0.05, 0) is 18.3 Å². The van der Waals surface area contributed by atoms with E-state index in [2.05, 4.69) is 29.4 Å². The highest BCUT2D eigenvalue weighted by molar-refractivity contribution is 8.01. The Balaban J connectivity index is 1.66. The minimum absolute atomic E-state index is 0.0821. The van der Waals surface area contributed by atoms with Gasteiger partial charge in [0, 0.05) is 6.04 Å². The Morgan fingerprint density at radius 2 is 2.17 bits per heavy atom. The number of ether oxygens (including phenoxy) is 1. The highest BCUT2D eigenvalue weighted by Gasteiger charge is 2.28. The quantitative estimate of drug-likeness (QED) is 0.588. The van der Waals surface area contributed by atoms with E-state index in [-0.39, 0.29) is 24.3 Å². The number of esters is 1. The first-order valence-electron chi connectivity index (χ1n) is 7.62. The lowest BCUT2D eigenvalue weighted by Crippen LogP contribution is -2.45. The number of nitrogens with two attached hydrogens (primary N) is 1. The minimum Gasteiger partial charge on any atom is -0.455 e. The van der Waals surface area contributed by atoms with Crippen molar-refractivity contribution >= 4 is 40.1 Å². The summed E-state index contributed by atoms with van der Waals surface area (Å²) in [5.74, 6) is 0.436. The van der Waals surface area contributed by atoms with Gasteiger partial charge in [0.05, 0.1) is 5.75 Å². The van der Waals surface area contributed by atoms with E-state index in [0.717, 1.165) is 12.8 Å². The first kappa shape index (κ1) is 18.0. The SMILES string of the molecule is CC1CCCC(NC(=O)COC(=O)CSc2nnc(N)s2)C1C. The van der Waals surface area contributed by atoms with Crippen LogP contribution in [0.4, 0.5) is 5.13 Å². The van der Waals surface area contributed by atoms with Crippen molar-refractivity contribution in [3.63, 3.8) is 0 Å². The third-order valence-corrected chi connectivity index (χ3v) is 6.01. The highest BCUT2D eigenvalue weighted by atomic mass is 32.2. The first-order chi connectivity index (χ1) is 11.0. The number of amides is 1. The second-order valence-corrected chi connectivity index (χ2v) is 8.03. The fourth-order valence-corrected chi connectivity index (χ4v) is 4.06. The van der Waals surface area contributed by atoms with Crippen molar-refractivity contribution in [2.24, 2.45) is 11.8 Å². The van der Waals surface area contributed by atoms with Gasteiger partial charge in [-0.15, -0.1) is 10.2 Å². The van der Waals surface area contributed by atoms with Gasteiger partial charge < -0.3 is 15.8 Å². The molecule has 7 nitrogen and oxygen atoms in total. The van der Waals surface area contributed by atoms with Gasteiger partial charge in [0.1, 0.15) is 0 Å². The lowest BCUT2D eigenvalue weighted by atomic mass is 9.78. The number of carbonyl (C=O) groups is 2. The zero-order valence-corrected chi connectivity index (χ0v) is 14.9. The maximum Gasteiger partial charge on any atom is 0.316 e. The van der Waals surface area contributed by atoms with E-state index >= 15 is 0 Å². The molecule has 0 aromatic carbocycles. The number of carbonyl (C=O) groups excluding carboxylic acids is 2. The molecule has 0 aliphatic heterocycles. The van der Waals surface area contributed by atoms with E-state index < -0.39 is 5.97 Å². The third kappa shape index (κ3) is 5.65. The zero-order valence-electron chi connectivity index (χ0n) is 13.3. The number of rotatable bonds is 6. The molecule has 3 unspecified atom stereocenters. The number of nitrogen functional groups attached to an aromatic ring is 1. The van der Waals surface area contributed by atoms with Crippen LogP contribution in [0.5, 0.6) is 0 Å². The van der Waals surface area contributed by atoms with E-state index in [0.29, 0.717) is 21.3 Å². The molecule has 0 bridgehead atoms. The summed E-state index contributed by atoms with van der Waals surface area (Å²) < 4.78 is 5.59. The second kappa shape index (κ2) is 8.49. The van der Waals surface area contributed by atoms with Crippen LogP contribution in [0.2, 0.25) is 0 Å². The number of nitrogens with one attached hydrogen (secondary N) is 1. The van der Waals surface area contributed by atoms with Crippen LogP contribution in [-0.2, 0) is 14.3 Å². The Hall–Kier alpha value is -1.35. The van der Waals surface area contributed by atoms with Gasteiger partial charge in [0.2, 0.25) is 5.13 Å². The number of anilines is 1. The summed E-state index contributed by atoms with van der Waals surface area (Å²) in [5, 5.41) is 10.8. The molecule has 1 aromatic heterocycles. The summed E-state index contributed by atoms with van der Waals surface area (Å²) in [4.78, 5) is 23.6. The van der Waals surface area contributed by atoms with Crippen molar-refractivity contribution in [2.45, 2.75) is 43.5 Å². The monoisotopic (exact) mass is 358 g/mol. The van der Waals surface area contributed by atoms with Crippen LogP contribution in [-0.4, -0.2) is 40.5 Å². The number of hydrogen-bond donors (Lipinski definition) is 2. The van der Waals surface area contributed by atoms with Crippen molar-refractivity contribution in [3.05, 3.63) is 0 Å². The first-order valence-corrected chi connectivity index (χ1v) is 9.42. The molecule has 0 saturated heterocycles. The molecule has 128 valence electrons. The van der Waals surface area contributed by atoms with E-state index in [1.165, 1.54) is 29.5 Å². The Labute approximate surface area is 143 Å². The lowest BCUT2D eigenvalue weighted by molar-refractivity contribution is -0.146. The molecule has 3 N–H and O–H groups in total. The van der Waals surface area contributed by atoms with Crippen LogP contribution < -0.4 is 11.1 Å². The van der Waals surface area contributed by atoms with Gasteiger partial charge in [0.25, 0.3) is 5.91 Å². The molecular weight excluding hydrogens is 336 g/mol. The average Bonchev–Trinajstić information content (AvgIpc) is 2.93. The molecular formula is C14H22N4O3S2. The Morgan fingerprint density at radius 3 is 2.87 bits per heavy atom. The topological polar surface area (TPSA) is 107 Å². The Kier molecular flexibility index (Phi) is 6.64. The summed E-state index contributed by atoms with van der Waals surface area (Å²) in [7, 11) is 0. The maximum atomic E-state index is 11.9. The number of aromatic nitrogens is 2.